The van der Waals surface area contributed by atoms with Gasteiger partial charge in [0.2, 0.25) is 5.95 Å². The maximum atomic E-state index is 13.9. The van der Waals surface area contributed by atoms with Crippen molar-refractivity contribution in [2.45, 2.75) is 47.1 Å². The van der Waals surface area contributed by atoms with Crippen LogP contribution in [0.5, 0.6) is 0 Å². The van der Waals surface area contributed by atoms with Crippen LogP contribution in [0.3, 0.4) is 0 Å². The molecule has 5 aromatic rings. The molecule has 0 radical (unpaired) electrons. The molecule has 2 aromatic carbocycles. The van der Waals surface area contributed by atoms with Crippen molar-refractivity contribution in [2.24, 2.45) is 0 Å². The summed E-state index contributed by atoms with van der Waals surface area (Å²) in [5, 5.41) is 4.26. The molecule has 0 saturated heterocycles. The van der Waals surface area contributed by atoms with Crippen molar-refractivity contribution in [1.29, 1.82) is 0 Å². The van der Waals surface area contributed by atoms with Crippen molar-refractivity contribution in [3.05, 3.63) is 103 Å². The molecule has 0 aliphatic carbocycles. The molecule has 0 saturated carbocycles. The summed E-state index contributed by atoms with van der Waals surface area (Å²) >= 11 is 2.29. The smallest absolute Gasteiger partial charge is 0.266 e. The third-order valence-electron chi connectivity index (χ3n) is 6.65. The molecule has 1 N–H and O–H groups in total. The van der Waals surface area contributed by atoms with E-state index in [1.54, 1.807) is 4.57 Å². The van der Waals surface area contributed by atoms with Crippen molar-refractivity contribution in [3.63, 3.8) is 0 Å². The third kappa shape index (κ3) is 4.54. The Balaban J connectivity index is 1.69. The molecule has 0 amide bonds. The molecule has 3 aromatic heterocycles. The number of hydrogen-bond donors (Lipinski definition) is 1. The number of benzene rings is 2. The molecule has 0 aliphatic rings. The van der Waals surface area contributed by atoms with Crippen LogP contribution in [-0.2, 0) is 0 Å². The Hall–Kier alpha value is -3.53. The first-order chi connectivity index (χ1) is 17.8. The minimum Gasteiger partial charge on any atom is -0.359 e. The molecule has 0 aliphatic heterocycles. The molecule has 37 heavy (non-hydrogen) atoms. The Morgan fingerprint density at radius 1 is 0.865 bits per heavy atom. The van der Waals surface area contributed by atoms with Crippen molar-refractivity contribution in [3.8, 4) is 11.6 Å². The fourth-order valence-electron chi connectivity index (χ4n) is 4.71. The summed E-state index contributed by atoms with van der Waals surface area (Å²) in [6.07, 6.45) is 0.701. The number of rotatable bonds is 6. The summed E-state index contributed by atoms with van der Waals surface area (Å²) in [7, 11) is 0. The van der Waals surface area contributed by atoms with Gasteiger partial charge in [-0.15, -0.1) is 0 Å². The minimum atomic E-state index is -0.264. The maximum absolute atomic E-state index is 13.9. The van der Waals surface area contributed by atoms with E-state index in [1.165, 1.54) is 0 Å². The summed E-state index contributed by atoms with van der Waals surface area (Å²) in [5.74, 6) is 2.00. The number of aryl methyl sites for hydroxylation is 4. The summed E-state index contributed by atoms with van der Waals surface area (Å²) in [6, 6.07) is 19.4. The Bertz CT molecular complexity index is 1650. The second-order valence-electron chi connectivity index (χ2n) is 9.24. The lowest BCUT2D eigenvalue weighted by atomic mass is 10.1. The second-order valence-corrected chi connectivity index (χ2v) is 10.3. The van der Waals surface area contributed by atoms with Gasteiger partial charge in [0.1, 0.15) is 11.6 Å². The van der Waals surface area contributed by atoms with Gasteiger partial charge in [-0.25, -0.2) is 9.97 Å². The molecule has 0 bridgehead atoms. The standard InChI is InChI=1S/C29H29IN6O/c1-6-22(32-26-25(30)20(5)31-29(34-26)35-18(3)15-16-19(35)4)27-33-23-14-10-11-17(2)24(23)28(37)36(27)21-12-8-7-9-13-21/h7-16,22H,6H2,1-5H3,(H,31,32,34). The van der Waals surface area contributed by atoms with Crippen LogP contribution in [0.25, 0.3) is 22.5 Å². The van der Waals surface area contributed by atoms with Crippen molar-refractivity contribution < 1.29 is 0 Å². The van der Waals surface area contributed by atoms with Crippen LogP contribution in [0.2, 0.25) is 0 Å². The quantitative estimate of drug-likeness (QED) is 0.228. The van der Waals surface area contributed by atoms with E-state index < -0.39 is 0 Å². The first-order valence-corrected chi connectivity index (χ1v) is 13.4. The Morgan fingerprint density at radius 3 is 2.24 bits per heavy atom. The monoisotopic (exact) mass is 604 g/mol. The van der Waals surface area contributed by atoms with E-state index in [-0.39, 0.29) is 11.6 Å². The average Bonchev–Trinajstić information content (AvgIpc) is 3.22. The van der Waals surface area contributed by atoms with Gasteiger partial charge in [-0.05, 0) is 92.6 Å². The molecule has 0 spiro atoms. The highest BCUT2D eigenvalue weighted by atomic mass is 127. The molecule has 5 rings (SSSR count). The molecule has 8 heteroatoms. The summed E-state index contributed by atoms with van der Waals surface area (Å²) in [5.41, 5.74) is 5.35. The number of hydrogen-bond acceptors (Lipinski definition) is 5. The zero-order valence-electron chi connectivity index (χ0n) is 21.6. The molecule has 7 nitrogen and oxygen atoms in total. The highest BCUT2D eigenvalue weighted by Crippen LogP contribution is 2.28. The van der Waals surface area contributed by atoms with Crippen LogP contribution in [0.1, 0.15) is 47.9 Å². The number of nitrogens with zero attached hydrogens (tertiary/aromatic N) is 5. The zero-order chi connectivity index (χ0) is 26.3. The number of nitrogens with one attached hydrogen (secondary N) is 1. The Morgan fingerprint density at radius 2 is 1.57 bits per heavy atom. The van der Waals surface area contributed by atoms with E-state index in [1.807, 2.05) is 80.8 Å². The lowest BCUT2D eigenvalue weighted by Gasteiger charge is -2.23. The van der Waals surface area contributed by atoms with Gasteiger partial charge in [-0.3, -0.25) is 13.9 Å². The second kappa shape index (κ2) is 10.1. The largest absolute Gasteiger partial charge is 0.359 e. The number of para-hydroxylation sites is 1. The first-order valence-electron chi connectivity index (χ1n) is 12.3. The van der Waals surface area contributed by atoms with E-state index in [0.29, 0.717) is 29.1 Å². The van der Waals surface area contributed by atoms with Gasteiger partial charge >= 0.3 is 0 Å². The SMILES string of the molecule is CCC(Nc1nc(-n2c(C)ccc2C)nc(C)c1I)c1nc2cccc(C)c2c(=O)n1-c1ccccc1. The molecule has 3 heterocycles. The molecule has 0 fully saturated rings. The fraction of sp³-hybridized carbons (Fsp3) is 0.241. The Kier molecular flexibility index (Phi) is 6.85. The van der Waals surface area contributed by atoms with Gasteiger partial charge in [0, 0.05) is 11.4 Å². The van der Waals surface area contributed by atoms with E-state index in [0.717, 1.165) is 37.7 Å². The van der Waals surface area contributed by atoms with Gasteiger partial charge < -0.3 is 5.32 Å². The van der Waals surface area contributed by atoms with Gasteiger partial charge in [-0.1, -0.05) is 37.3 Å². The average molecular weight is 604 g/mol. The first kappa shape index (κ1) is 25.1. The molecule has 1 unspecified atom stereocenters. The zero-order valence-corrected chi connectivity index (χ0v) is 23.7. The predicted octanol–water partition coefficient (Wildman–Crippen LogP) is 6.37. The number of fused-ring (bicyclic) bond motifs is 1. The van der Waals surface area contributed by atoms with E-state index in [2.05, 4.69) is 47.0 Å². The van der Waals surface area contributed by atoms with Crippen LogP contribution in [-0.4, -0.2) is 24.1 Å². The molecular weight excluding hydrogens is 575 g/mol. The summed E-state index contributed by atoms with van der Waals surface area (Å²) < 4.78 is 4.72. The molecular formula is C29H29IN6O. The van der Waals surface area contributed by atoms with Crippen LogP contribution in [0, 0.1) is 31.3 Å². The lowest BCUT2D eigenvalue weighted by molar-refractivity contribution is 0.656. The Labute approximate surface area is 229 Å². The maximum Gasteiger partial charge on any atom is 0.266 e. The minimum absolute atomic E-state index is 0.0719. The number of anilines is 1. The highest BCUT2D eigenvalue weighted by molar-refractivity contribution is 14.1. The van der Waals surface area contributed by atoms with Gasteiger partial charge in [0.25, 0.3) is 5.56 Å². The van der Waals surface area contributed by atoms with Gasteiger partial charge in [-0.2, -0.15) is 4.98 Å². The summed E-state index contributed by atoms with van der Waals surface area (Å²) in [6.45, 7) is 10.1. The van der Waals surface area contributed by atoms with Crippen LogP contribution in [0.15, 0.2) is 65.5 Å². The normalized spacial score (nSPS) is 12.2. The third-order valence-corrected chi connectivity index (χ3v) is 7.94. The van der Waals surface area contributed by atoms with Crippen LogP contribution < -0.4 is 10.9 Å². The molecule has 1 atom stereocenters. The highest BCUT2D eigenvalue weighted by Gasteiger charge is 2.23. The van der Waals surface area contributed by atoms with Crippen molar-refractivity contribution >= 4 is 39.3 Å². The van der Waals surface area contributed by atoms with Crippen molar-refractivity contribution in [1.82, 2.24) is 24.1 Å². The van der Waals surface area contributed by atoms with Gasteiger partial charge in [0.15, 0.2) is 0 Å². The predicted molar refractivity (Wildman–Crippen MR) is 157 cm³/mol. The number of halogens is 1. The summed E-state index contributed by atoms with van der Waals surface area (Å²) in [4.78, 5) is 28.7. The van der Waals surface area contributed by atoms with E-state index in [9.17, 15) is 4.79 Å². The topological polar surface area (TPSA) is 77.6 Å². The van der Waals surface area contributed by atoms with Crippen LogP contribution >= 0.6 is 22.6 Å². The molecule has 188 valence electrons. The van der Waals surface area contributed by atoms with E-state index >= 15 is 0 Å². The van der Waals surface area contributed by atoms with Crippen LogP contribution in [0.4, 0.5) is 5.82 Å². The lowest BCUT2D eigenvalue weighted by Crippen LogP contribution is -2.29. The van der Waals surface area contributed by atoms with E-state index in [4.69, 9.17) is 15.0 Å². The number of aromatic nitrogens is 5. The van der Waals surface area contributed by atoms with Gasteiger partial charge in [0.05, 0.1) is 31.9 Å². The van der Waals surface area contributed by atoms with Crippen molar-refractivity contribution in [2.75, 3.05) is 5.32 Å². The fourth-order valence-corrected chi connectivity index (χ4v) is 5.11.